The molecule has 3 heterocycles. The minimum atomic E-state index is -8.83. The number of nitrogens with one attached hydrogen (secondary N) is 1. The van der Waals surface area contributed by atoms with Crippen molar-refractivity contribution in [3.05, 3.63) is 0 Å². The molecule has 3 aliphatic heterocycles. The SMILES string of the molecule is O=C(CCSCCC(F)(F)C(F)(F)C(F)(F)C(F)(F)C(F)(F)C(F)(F)C(F)(F)C(F)(F)F)NC(CO[C@@H]1O[C@H](CO)[C@H](O)[C@H](O)[C@H]1O)(CO[C@@H]1O[C@H](CO)[C@H](O)[C@H](O)[C@H]1O)CO[C@@H]1O[C@H](CO)[C@H](O)[C@H](O)[C@H]1O. The van der Waals surface area contributed by atoms with Crippen LogP contribution in [0.1, 0.15) is 12.8 Å². The molecule has 3 saturated heterocycles. The molecule has 0 radical (unpaired) electrons. The van der Waals surface area contributed by atoms with Crippen LogP contribution < -0.4 is 5.32 Å². The highest BCUT2D eigenvalue weighted by Gasteiger charge is 2.95. The van der Waals surface area contributed by atoms with Gasteiger partial charge in [0.1, 0.15) is 78.8 Å². The zero-order valence-electron chi connectivity index (χ0n) is 36.3. The maximum atomic E-state index is 14.5. The Hall–Kier alpha value is -2.09. The van der Waals surface area contributed by atoms with Crippen molar-refractivity contribution in [2.75, 3.05) is 51.1 Å². The molecule has 3 fully saturated rings. The number of rotatable bonds is 25. The summed E-state index contributed by atoms with van der Waals surface area (Å²) in [5.41, 5.74) is -2.59. The predicted octanol–water partition coefficient (Wildman–Crippen LogP) is -2.19. The van der Waals surface area contributed by atoms with Crippen LogP contribution >= 0.6 is 11.8 Å². The van der Waals surface area contributed by atoms with E-state index in [1.807, 2.05) is 0 Å². The second-order valence-electron chi connectivity index (χ2n) is 16.6. The van der Waals surface area contributed by atoms with E-state index < -0.39 is 215 Å². The molecule has 0 bridgehead atoms. The Kier molecular flexibility index (Phi) is 21.3. The first kappa shape index (κ1) is 65.2. The molecule has 1 amide bonds. The fourth-order valence-corrected chi connectivity index (χ4v) is 7.69. The minimum absolute atomic E-state index is 0.174. The van der Waals surface area contributed by atoms with Crippen LogP contribution in [0.15, 0.2) is 0 Å². The molecule has 15 atom stereocenters. The van der Waals surface area contributed by atoms with Gasteiger partial charge < -0.3 is 95.0 Å². The van der Waals surface area contributed by atoms with Gasteiger partial charge >= 0.3 is 47.6 Å². The summed E-state index contributed by atoms with van der Waals surface area (Å²) in [5, 5.41) is 124. The number of hydrogen-bond donors (Lipinski definition) is 13. The molecule has 0 saturated carbocycles. The van der Waals surface area contributed by atoms with Gasteiger partial charge in [-0.15, -0.1) is 0 Å². The average Bonchev–Trinajstić information content (AvgIpc) is 3.30. The van der Waals surface area contributed by atoms with E-state index in [2.05, 4.69) is 5.32 Å². The van der Waals surface area contributed by atoms with E-state index >= 15 is 0 Å². The summed E-state index contributed by atoms with van der Waals surface area (Å²) in [7, 11) is 0. The molecule has 3 aliphatic rings. The number of amides is 1. The number of carbonyl (C=O) groups excluding carboxylic acids is 1. The summed E-state index contributed by atoms with van der Waals surface area (Å²) in [6, 6.07) is 0. The maximum Gasteiger partial charge on any atom is 0.460 e. The normalized spacial score (nSPS) is 33.0. The van der Waals surface area contributed by atoms with Crippen molar-refractivity contribution in [2.24, 2.45) is 0 Å². The Balaban J connectivity index is 1.93. The first-order chi connectivity index (χ1) is 33.1. The molecule has 3 rings (SSSR count). The average molecular weight is 1140 g/mol. The third kappa shape index (κ3) is 12.8. The monoisotopic (exact) mass is 1140 g/mol. The summed E-state index contributed by atoms with van der Waals surface area (Å²) in [5.74, 6) is -62.1. The molecule has 0 aliphatic carbocycles. The minimum Gasteiger partial charge on any atom is -0.394 e. The molecule has 0 aromatic heterocycles. The van der Waals surface area contributed by atoms with E-state index in [1.165, 1.54) is 0 Å². The number of ether oxygens (including phenoxy) is 6. The van der Waals surface area contributed by atoms with Crippen molar-refractivity contribution in [1.82, 2.24) is 5.32 Å². The lowest BCUT2D eigenvalue weighted by molar-refractivity contribution is -0.461. The van der Waals surface area contributed by atoms with Gasteiger partial charge in [0.05, 0.1) is 39.6 Å². The van der Waals surface area contributed by atoms with Gasteiger partial charge in [0.2, 0.25) is 5.91 Å². The molecular weight excluding hydrogens is 1090 g/mol. The standard InChI is InChI=1S/C35H48F17NO19S/c36-28(37,29(38,39)30(40,41)31(42,43)32(44,45)33(46,47)34(48,49)35(50,51)52)2-4-73-3-1-14(57)53-27(8-67-24-21(64)18(61)15(58)11(5-54)70-24,9-68-25-22(65)19(62)16(59)12(6-55)71-25)10-69-26-23(66)20(63)17(60)13(7-56)72-26/h11-13,15-26,54-56,58-66H,1-10H2,(H,53,57)/t11-,12-,13-,15+,16+,17+,18+,19+,20+,21-,22-,23-,24-,25-,26-/m1/s1. The molecule has 13 N–H and O–H groups in total. The second kappa shape index (κ2) is 23.9. The summed E-state index contributed by atoms with van der Waals surface area (Å²) in [6.07, 6.45) is -42.7. The van der Waals surface area contributed by atoms with E-state index in [9.17, 15) is 141 Å². The Morgan fingerprint density at radius 2 is 0.740 bits per heavy atom. The van der Waals surface area contributed by atoms with E-state index in [4.69, 9.17) is 28.4 Å². The highest BCUT2D eigenvalue weighted by Crippen LogP contribution is 2.64. The van der Waals surface area contributed by atoms with Crippen LogP contribution in [-0.4, -0.2) is 264 Å². The van der Waals surface area contributed by atoms with Crippen LogP contribution in [0.5, 0.6) is 0 Å². The van der Waals surface area contributed by atoms with E-state index in [0.717, 1.165) is 0 Å². The molecule has 0 aromatic carbocycles. The van der Waals surface area contributed by atoms with Gasteiger partial charge in [0, 0.05) is 18.6 Å². The zero-order chi connectivity index (χ0) is 56.5. The van der Waals surface area contributed by atoms with Crippen molar-refractivity contribution in [1.29, 1.82) is 0 Å². The van der Waals surface area contributed by atoms with Crippen molar-refractivity contribution in [3.8, 4) is 0 Å². The smallest absolute Gasteiger partial charge is 0.394 e. The fourth-order valence-electron chi connectivity index (χ4n) is 6.75. The van der Waals surface area contributed by atoms with Crippen molar-refractivity contribution >= 4 is 17.7 Å². The van der Waals surface area contributed by atoms with Crippen molar-refractivity contribution < 1.29 is 169 Å². The van der Waals surface area contributed by atoms with Crippen LogP contribution in [0, 0.1) is 0 Å². The Labute approximate surface area is 401 Å². The molecule has 73 heavy (non-hydrogen) atoms. The first-order valence-electron chi connectivity index (χ1n) is 20.5. The summed E-state index contributed by atoms with van der Waals surface area (Å²) >= 11 is -0.174. The van der Waals surface area contributed by atoms with Gasteiger partial charge in [-0.05, 0) is 5.75 Å². The Morgan fingerprint density at radius 1 is 0.438 bits per heavy atom. The van der Waals surface area contributed by atoms with Gasteiger partial charge in [-0.25, -0.2) is 0 Å². The quantitative estimate of drug-likeness (QED) is 0.0341. The Morgan fingerprint density at radius 3 is 1.04 bits per heavy atom. The first-order valence-corrected chi connectivity index (χ1v) is 21.7. The fraction of sp³-hybridized carbons (Fsp3) is 0.971. The molecular formula is C35H48F17NO19S. The lowest BCUT2D eigenvalue weighted by Crippen LogP contribution is -2.74. The van der Waals surface area contributed by atoms with Crippen LogP contribution in [0.3, 0.4) is 0 Å². The zero-order valence-corrected chi connectivity index (χ0v) is 37.1. The van der Waals surface area contributed by atoms with E-state index in [1.54, 1.807) is 0 Å². The number of thioether (sulfide) groups is 1. The molecule has 0 unspecified atom stereocenters. The molecule has 432 valence electrons. The van der Waals surface area contributed by atoms with Crippen molar-refractivity contribution in [3.63, 3.8) is 0 Å². The lowest BCUT2D eigenvalue weighted by Gasteiger charge is -2.44. The third-order valence-electron chi connectivity index (χ3n) is 11.3. The highest BCUT2D eigenvalue weighted by molar-refractivity contribution is 7.99. The Bertz CT molecular complexity index is 1680. The topological polar surface area (TPSA) is 327 Å². The van der Waals surface area contributed by atoms with Gasteiger partial charge in [-0.3, -0.25) is 4.79 Å². The number of aliphatic hydroxyl groups is 12. The number of carbonyl (C=O) groups is 1. The van der Waals surface area contributed by atoms with Crippen LogP contribution in [0.4, 0.5) is 74.6 Å². The van der Waals surface area contributed by atoms with Gasteiger partial charge in [-0.2, -0.15) is 86.4 Å². The molecule has 38 heteroatoms. The third-order valence-corrected chi connectivity index (χ3v) is 12.3. The van der Waals surface area contributed by atoms with Crippen LogP contribution in [0.2, 0.25) is 0 Å². The van der Waals surface area contributed by atoms with Crippen LogP contribution in [-0.2, 0) is 33.2 Å². The van der Waals surface area contributed by atoms with Gasteiger partial charge in [-0.1, -0.05) is 0 Å². The number of aliphatic hydroxyl groups excluding tert-OH is 12. The van der Waals surface area contributed by atoms with Gasteiger partial charge in [0.15, 0.2) is 18.9 Å². The number of halogens is 17. The lowest BCUT2D eigenvalue weighted by atomic mass is 9.88. The van der Waals surface area contributed by atoms with Gasteiger partial charge in [0.25, 0.3) is 0 Å². The van der Waals surface area contributed by atoms with Crippen molar-refractivity contribution in [2.45, 2.75) is 158 Å². The molecule has 0 aromatic rings. The summed E-state index contributed by atoms with van der Waals surface area (Å²) in [6.45, 7) is -6.98. The molecule has 20 nitrogen and oxygen atoms in total. The molecule has 0 spiro atoms. The maximum absolute atomic E-state index is 14.5. The number of alkyl halides is 17. The largest absolute Gasteiger partial charge is 0.460 e. The van der Waals surface area contributed by atoms with E-state index in [0.29, 0.717) is 0 Å². The predicted molar refractivity (Wildman–Crippen MR) is 197 cm³/mol. The second-order valence-corrected chi connectivity index (χ2v) is 17.8. The summed E-state index contributed by atoms with van der Waals surface area (Å²) < 4.78 is 265. The van der Waals surface area contributed by atoms with E-state index in [-0.39, 0.29) is 11.8 Å². The highest BCUT2D eigenvalue weighted by atomic mass is 32.2. The summed E-state index contributed by atoms with van der Waals surface area (Å²) in [4.78, 5) is 13.5. The number of hydrogen-bond acceptors (Lipinski definition) is 20. The van der Waals surface area contributed by atoms with Crippen LogP contribution in [0.25, 0.3) is 0 Å².